The molecule has 0 saturated heterocycles. The van der Waals surface area contributed by atoms with Crippen LogP contribution in [0.3, 0.4) is 0 Å². The van der Waals surface area contributed by atoms with Crippen molar-refractivity contribution in [2.45, 2.75) is 0 Å². The summed E-state index contributed by atoms with van der Waals surface area (Å²) >= 11 is 0. The standard InChI is InChI=1S/C34H27N5O5/c1-44-24-20-18-23(19-21-24)32(41)37-26-13-6-8-15-28(26)39-34(43)30-17-9-16-29(35-30)33(42)38-27-14-7-5-12-25(27)36-31(40)22-10-3-2-4-11-22/h2-21H,1H3,(H,36,40)(H,37,41)(H,38,42)(H,39,43). The maximum Gasteiger partial charge on any atom is 0.274 e. The topological polar surface area (TPSA) is 139 Å². The monoisotopic (exact) mass is 585 g/mol. The highest BCUT2D eigenvalue weighted by Crippen LogP contribution is 2.24. The minimum atomic E-state index is -0.582. The van der Waals surface area contributed by atoms with Crippen molar-refractivity contribution in [1.29, 1.82) is 0 Å². The quantitative estimate of drug-likeness (QED) is 0.165. The fourth-order valence-corrected chi connectivity index (χ4v) is 4.18. The lowest BCUT2D eigenvalue weighted by Crippen LogP contribution is -2.20. The predicted molar refractivity (Wildman–Crippen MR) is 168 cm³/mol. The maximum absolute atomic E-state index is 13.2. The smallest absolute Gasteiger partial charge is 0.274 e. The first-order valence-electron chi connectivity index (χ1n) is 13.5. The Morgan fingerprint density at radius 3 is 1.27 bits per heavy atom. The molecule has 0 aliphatic rings. The van der Waals surface area contributed by atoms with Crippen molar-refractivity contribution in [1.82, 2.24) is 4.98 Å². The molecule has 0 aliphatic carbocycles. The van der Waals surface area contributed by atoms with Gasteiger partial charge in [-0.3, -0.25) is 19.2 Å². The molecule has 5 aromatic rings. The number of benzene rings is 4. The number of hydrogen-bond donors (Lipinski definition) is 4. The molecule has 0 bridgehead atoms. The van der Waals surface area contributed by atoms with Crippen LogP contribution in [0, 0.1) is 0 Å². The molecular weight excluding hydrogens is 558 g/mol. The minimum Gasteiger partial charge on any atom is -0.497 e. The summed E-state index contributed by atoms with van der Waals surface area (Å²) in [6.45, 7) is 0. The van der Waals surface area contributed by atoms with E-state index >= 15 is 0 Å². The SMILES string of the molecule is COc1ccc(C(=O)Nc2ccccc2NC(=O)c2cccc(C(=O)Nc3ccccc3NC(=O)c3ccccc3)n2)cc1. The second-order valence-corrected chi connectivity index (χ2v) is 9.41. The van der Waals surface area contributed by atoms with Gasteiger partial charge >= 0.3 is 0 Å². The lowest BCUT2D eigenvalue weighted by atomic mass is 10.2. The number of nitrogens with zero attached hydrogens (tertiary/aromatic N) is 1. The first-order valence-corrected chi connectivity index (χ1v) is 13.5. The van der Waals surface area contributed by atoms with Crippen molar-refractivity contribution in [3.8, 4) is 5.75 Å². The van der Waals surface area contributed by atoms with Crippen molar-refractivity contribution in [3.63, 3.8) is 0 Å². The number of pyridine rings is 1. The summed E-state index contributed by atoms with van der Waals surface area (Å²) in [7, 11) is 1.54. The number of carbonyl (C=O) groups is 4. The van der Waals surface area contributed by atoms with Gasteiger partial charge in [0.1, 0.15) is 17.1 Å². The molecule has 0 fully saturated rings. The Kier molecular flexibility index (Phi) is 9.02. The third kappa shape index (κ3) is 7.12. The highest BCUT2D eigenvalue weighted by molar-refractivity contribution is 6.11. The molecular formula is C34H27N5O5. The van der Waals surface area contributed by atoms with Gasteiger partial charge in [-0.25, -0.2) is 4.98 Å². The van der Waals surface area contributed by atoms with Crippen LogP contribution in [0.5, 0.6) is 5.75 Å². The van der Waals surface area contributed by atoms with Gasteiger partial charge in [0, 0.05) is 11.1 Å². The predicted octanol–water partition coefficient (Wildman–Crippen LogP) is 6.10. The van der Waals surface area contributed by atoms with Crippen LogP contribution in [0.1, 0.15) is 41.7 Å². The zero-order valence-electron chi connectivity index (χ0n) is 23.5. The molecule has 0 radical (unpaired) electrons. The molecule has 0 saturated carbocycles. The molecule has 4 amide bonds. The second-order valence-electron chi connectivity index (χ2n) is 9.41. The molecule has 4 N–H and O–H groups in total. The minimum absolute atomic E-state index is 0.0112. The molecule has 5 rings (SSSR count). The normalized spacial score (nSPS) is 10.3. The number of anilines is 4. The number of hydrogen-bond acceptors (Lipinski definition) is 6. The van der Waals surface area contributed by atoms with E-state index in [4.69, 9.17) is 4.74 Å². The molecule has 10 nitrogen and oxygen atoms in total. The van der Waals surface area contributed by atoms with Crippen LogP contribution in [0.25, 0.3) is 0 Å². The molecule has 0 aliphatic heterocycles. The van der Waals surface area contributed by atoms with Gasteiger partial charge in [-0.05, 0) is 72.8 Å². The summed E-state index contributed by atoms with van der Waals surface area (Å²) in [4.78, 5) is 56.0. The molecule has 218 valence electrons. The third-order valence-corrected chi connectivity index (χ3v) is 6.45. The van der Waals surface area contributed by atoms with E-state index in [0.717, 1.165) is 0 Å². The average Bonchev–Trinajstić information content (AvgIpc) is 3.07. The highest BCUT2D eigenvalue weighted by atomic mass is 16.5. The van der Waals surface area contributed by atoms with Crippen LogP contribution < -0.4 is 26.0 Å². The largest absolute Gasteiger partial charge is 0.497 e. The highest BCUT2D eigenvalue weighted by Gasteiger charge is 2.17. The van der Waals surface area contributed by atoms with E-state index in [-0.39, 0.29) is 23.2 Å². The molecule has 1 heterocycles. The zero-order chi connectivity index (χ0) is 30.9. The van der Waals surface area contributed by atoms with Gasteiger partial charge < -0.3 is 26.0 Å². The number of aromatic nitrogens is 1. The Labute approximate surface area is 253 Å². The molecule has 10 heteroatoms. The summed E-state index contributed by atoms with van der Waals surface area (Å²) in [5.41, 5.74) is 2.34. The third-order valence-electron chi connectivity index (χ3n) is 6.45. The Bertz CT molecular complexity index is 1820. The van der Waals surface area contributed by atoms with Gasteiger partial charge in [-0.2, -0.15) is 0 Å². The number of ether oxygens (including phenoxy) is 1. The van der Waals surface area contributed by atoms with Crippen LogP contribution in [-0.4, -0.2) is 35.7 Å². The van der Waals surface area contributed by atoms with Crippen LogP contribution in [0.15, 0.2) is 121 Å². The van der Waals surface area contributed by atoms with Crippen molar-refractivity contribution < 1.29 is 23.9 Å². The van der Waals surface area contributed by atoms with Crippen LogP contribution in [0.4, 0.5) is 22.7 Å². The van der Waals surface area contributed by atoms with Gasteiger partial charge in [0.15, 0.2) is 0 Å². The van der Waals surface area contributed by atoms with Gasteiger partial charge in [-0.1, -0.05) is 48.5 Å². The zero-order valence-corrected chi connectivity index (χ0v) is 23.5. The van der Waals surface area contributed by atoms with E-state index in [9.17, 15) is 19.2 Å². The summed E-state index contributed by atoms with van der Waals surface area (Å²) in [5.74, 6) is -1.23. The van der Waals surface area contributed by atoms with Gasteiger partial charge in [-0.15, -0.1) is 0 Å². The first kappa shape index (κ1) is 29.2. The first-order chi connectivity index (χ1) is 21.4. The number of amides is 4. The number of methoxy groups -OCH3 is 1. The van der Waals surface area contributed by atoms with E-state index in [1.807, 2.05) is 6.07 Å². The number of carbonyl (C=O) groups excluding carboxylic acids is 4. The lowest BCUT2D eigenvalue weighted by molar-refractivity contribution is 0.100. The fraction of sp³-hybridized carbons (Fsp3) is 0.0294. The summed E-state index contributed by atoms with van der Waals surface area (Å²) in [6.07, 6.45) is 0. The van der Waals surface area contributed by atoms with E-state index in [0.29, 0.717) is 39.6 Å². The molecule has 1 aromatic heterocycles. The molecule has 0 unspecified atom stereocenters. The van der Waals surface area contributed by atoms with Gasteiger partial charge in [0.25, 0.3) is 23.6 Å². The van der Waals surface area contributed by atoms with Crippen LogP contribution in [0.2, 0.25) is 0 Å². The number of nitrogens with one attached hydrogen (secondary N) is 4. The summed E-state index contributed by atoms with van der Waals surface area (Å²) in [6, 6.07) is 33.3. The van der Waals surface area contributed by atoms with E-state index in [2.05, 4.69) is 26.3 Å². The average molecular weight is 586 g/mol. The number of para-hydroxylation sites is 4. The number of rotatable bonds is 9. The van der Waals surface area contributed by atoms with E-state index < -0.39 is 11.8 Å². The Morgan fingerprint density at radius 2 is 0.841 bits per heavy atom. The molecule has 44 heavy (non-hydrogen) atoms. The van der Waals surface area contributed by atoms with Crippen LogP contribution in [-0.2, 0) is 0 Å². The van der Waals surface area contributed by atoms with Crippen molar-refractivity contribution in [3.05, 3.63) is 144 Å². The Hall–Kier alpha value is -6.29. The summed E-state index contributed by atoms with van der Waals surface area (Å²) < 4.78 is 5.13. The molecule has 0 atom stereocenters. The Balaban J connectivity index is 1.27. The van der Waals surface area contributed by atoms with Crippen molar-refractivity contribution >= 4 is 46.4 Å². The van der Waals surface area contributed by atoms with Gasteiger partial charge in [0.2, 0.25) is 0 Å². The van der Waals surface area contributed by atoms with Crippen LogP contribution >= 0.6 is 0 Å². The molecule has 0 spiro atoms. The fourth-order valence-electron chi connectivity index (χ4n) is 4.18. The second kappa shape index (κ2) is 13.6. The molecule has 4 aromatic carbocycles. The van der Waals surface area contributed by atoms with Crippen molar-refractivity contribution in [2.75, 3.05) is 28.4 Å². The Morgan fingerprint density at radius 1 is 0.455 bits per heavy atom. The summed E-state index contributed by atoms with van der Waals surface area (Å²) in [5, 5.41) is 11.1. The lowest BCUT2D eigenvalue weighted by Gasteiger charge is -2.13. The van der Waals surface area contributed by atoms with Crippen molar-refractivity contribution in [2.24, 2.45) is 0 Å². The van der Waals surface area contributed by atoms with E-state index in [1.54, 1.807) is 104 Å². The maximum atomic E-state index is 13.2. The van der Waals surface area contributed by atoms with Gasteiger partial charge in [0.05, 0.1) is 29.9 Å². The van der Waals surface area contributed by atoms with E-state index in [1.165, 1.54) is 18.2 Å².